The second-order valence-electron chi connectivity index (χ2n) is 13.5. The number of aliphatic hydroxyl groups is 2. The minimum absolute atomic E-state index is 0.00601. The maximum Gasteiger partial charge on any atom is 0.306 e. The largest absolute Gasteiger partial charge is 0.481 e. The van der Waals surface area contributed by atoms with E-state index in [1.54, 1.807) is 62.4 Å². The molecule has 3 amide bonds. The van der Waals surface area contributed by atoms with Crippen molar-refractivity contribution in [2.45, 2.75) is 76.3 Å². The van der Waals surface area contributed by atoms with Crippen molar-refractivity contribution in [3.63, 3.8) is 0 Å². The molecule has 52 heavy (non-hydrogen) atoms. The zero-order chi connectivity index (χ0) is 38.1. The van der Waals surface area contributed by atoms with E-state index in [9.17, 15) is 53.2 Å². The van der Waals surface area contributed by atoms with Crippen LogP contribution < -0.4 is 16.0 Å². The summed E-state index contributed by atoms with van der Waals surface area (Å²) < 4.78 is 28.2. The molecule has 1 aliphatic rings. The van der Waals surface area contributed by atoms with Gasteiger partial charge in [0.2, 0.25) is 11.8 Å². The zero-order valence-electron chi connectivity index (χ0n) is 28.7. The first-order valence-electron chi connectivity index (χ1n) is 16.9. The van der Waals surface area contributed by atoms with Crippen LogP contribution in [0.15, 0.2) is 72.8 Å². The highest BCUT2D eigenvalue weighted by Crippen LogP contribution is 2.31. The van der Waals surface area contributed by atoms with E-state index in [1.165, 1.54) is 0 Å². The van der Waals surface area contributed by atoms with Crippen LogP contribution in [0.2, 0.25) is 0 Å². The van der Waals surface area contributed by atoms with Gasteiger partial charge < -0.3 is 36.4 Å². The Morgan fingerprint density at radius 1 is 0.769 bits per heavy atom. The molecular formula is C38H43F2N3O9. The molecule has 12 nitrogen and oxygen atoms in total. The number of rotatable bonds is 15. The summed E-state index contributed by atoms with van der Waals surface area (Å²) in [6.45, 7) is 3.27. The number of aliphatic hydroxyl groups excluding tert-OH is 2. The monoisotopic (exact) mass is 723 g/mol. The van der Waals surface area contributed by atoms with Crippen LogP contribution in [0.3, 0.4) is 0 Å². The normalized spacial score (nSPS) is 19.5. The lowest BCUT2D eigenvalue weighted by Crippen LogP contribution is -2.55. The van der Waals surface area contributed by atoms with Crippen LogP contribution in [-0.2, 0) is 30.4 Å². The van der Waals surface area contributed by atoms with E-state index in [0.29, 0.717) is 11.6 Å². The molecule has 0 aliphatic heterocycles. The Kier molecular flexibility index (Phi) is 13.6. The van der Waals surface area contributed by atoms with E-state index in [2.05, 4.69) is 16.0 Å². The number of carboxylic acids is 2. The summed E-state index contributed by atoms with van der Waals surface area (Å²) in [7, 11) is 0. The second kappa shape index (κ2) is 17.8. The maximum atomic E-state index is 14.1. The third kappa shape index (κ3) is 10.7. The molecule has 7 atom stereocenters. The molecule has 1 aliphatic carbocycles. The van der Waals surface area contributed by atoms with E-state index < -0.39 is 95.8 Å². The molecule has 3 aromatic carbocycles. The summed E-state index contributed by atoms with van der Waals surface area (Å²) in [6, 6.07) is 15.0. The van der Waals surface area contributed by atoms with Gasteiger partial charge in [0.25, 0.3) is 5.91 Å². The van der Waals surface area contributed by atoms with E-state index in [1.807, 2.05) is 6.07 Å². The van der Waals surface area contributed by atoms with Gasteiger partial charge in [-0.1, -0.05) is 68.4 Å². The molecule has 14 heteroatoms. The summed E-state index contributed by atoms with van der Waals surface area (Å²) >= 11 is 0. The number of aliphatic carboxylic acids is 2. The summed E-state index contributed by atoms with van der Waals surface area (Å²) in [6.07, 6.45) is -4.49. The fraction of sp³-hybridized carbons (Fsp3) is 0.395. The van der Waals surface area contributed by atoms with Crippen molar-refractivity contribution in [1.82, 2.24) is 16.0 Å². The van der Waals surface area contributed by atoms with Gasteiger partial charge in [0, 0.05) is 12.1 Å². The molecule has 0 saturated heterocycles. The molecule has 1 unspecified atom stereocenters. The van der Waals surface area contributed by atoms with Crippen molar-refractivity contribution >= 4 is 29.7 Å². The van der Waals surface area contributed by atoms with Crippen LogP contribution in [0.1, 0.15) is 56.8 Å². The second-order valence-corrected chi connectivity index (χ2v) is 13.5. The summed E-state index contributed by atoms with van der Waals surface area (Å²) in [5.74, 6) is -9.08. The lowest BCUT2D eigenvalue weighted by molar-refractivity contribution is -0.149. The van der Waals surface area contributed by atoms with Gasteiger partial charge in [0.1, 0.15) is 17.7 Å². The highest BCUT2D eigenvalue weighted by molar-refractivity contribution is 5.89. The van der Waals surface area contributed by atoms with E-state index >= 15 is 0 Å². The van der Waals surface area contributed by atoms with Crippen LogP contribution in [0.4, 0.5) is 8.78 Å². The Hall–Kier alpha value is -5.21. The molecule has 7 N–H and O–H groups in total. The first-order chi connectivity index (χ1) is 24.6. The summed E-state index contributed by atoms with van der Waals surface area (Å²) in [5.41, 5.74) is 1.59. The van der Waals surface area contributed by atoms with Crippen LogP contribution in [0.5, 0.6) is 0 Å². The smallest absolute Gasteiger partial charge is 0.306 e. The number of hydrogen-bond acceptors (Lipinski definition) is 7. The first kappa shape index (κ1) is 39.6. The number of carbonyl (C=O) groups is 5. The van der Waals surface area contributed by atoms with Crippen molar-refractivity contribution < 1.29 is 53.2 Å². The SMILES string of the molecule is CC(C)[C@H](NC(=O)C[C@H](O)[C@H](Cc1cc(F)cc(F)c1)NC(=O)[C@@H](O)c1ccccc1-c1ccccc1)C(=O)NC1C[C@@H](C(=O)O)C[C@@H](C(=O)O)C1. The van der Waals surface area contributed by atoms with E-state index in [-0.39, 0.29) is 36.8 Å². The zero-order valence-corrected chi connectivity index (χ0v) is 28.7. The van der Waals surface area contributed by atoms with Crippen molar-refractivity contribution in [3.8, 4) is 11.1 Å². The predicted molar refractivity (Wildman–Crippen MR) is 184 cm³/mol. The molecule has 1 fully saturated rings. The quantitative estimate of drug-likeness (QED) is 0.123. The van der Waals surface area contributed by atoms with E-state index in [0.717, 1.165) is 17.7 Å². The van der Waals surface area contributed by atoms with Gasteiger partial charge in [-0.2, -0.15) is 0 Å². The highest BCUT2D eigenvalue weighted by Gasteiger charge is 2.38. The molecule has 1 saturated carbocycles. The van der Waals surface area contributed by atoms with Crippen molar-refractivity contribution in [3.05, 3.63) is 95.6 Å². The Morgan fingerprint density at radius 2 is 1.35 bits per heavy atom. The highest BCUT2D eigenvalue weighted by atomic mass is 19.1. The fourth-order valence-electron chi connectivity index (χ4n) is 6.52. The maximum absolute atomic E-state index is 14.1. The van der Waals surface area contributed by atoms with Crippen molar-refractivity contribution in [1.29, 1.82) is 0 Å². The number of hydrogen-bond donors (Lipinski definition) is 7. The van der Waals surface area contributed by atoms with Gasteiger partial charge in [0.15, 0.2) is 6.10 Å². The Morgan fingerprint density at radius 3 is 1.92 bits per heavy atom. The Bertz CT molecular complexity index is 1710. The molecule has 0 bridgehead atoms. The van der Waals surface area contributed by atoms with Crippen LogP contribution >= 0.6 is 0 Å². The first-order valence-corrected chi connectivity index (χ1v) is 16.9. The summed E-state index contributed by atoms with van der Waals surface area (Å²) in [4.78, 5) is 63.3. The molecule has 0 aromatic heterocycles. The predicted octanol–water partition coefficient (Wildman–Crippen LogP) is 3.35. The van der Waals surface area contributed by atoms with Crippen molar-refractivity contribution in [2.75, 3.05) is 0 Å². The third-order valence-corrected chi connectivity index (χ3v) is 9.17. The molecule has 3 aromatic rings. The third-order valence-electron chi connectivity index (χ3n) is 9.17. The lowest BCUT2D eigenvalue weighted by Gasteiger charge is -2.33. The van der Waals surface area contributed by atoms with Crippen LogP contribution in [0, 0.1) is 29.4 Å². The van der Waals surface area contributed by atoms with Crippen molar-refractivity contribution in [2.24, 2.45) is 17.8 Å². The number of nitrogens with one attached hydrogen (secondary N) is 3. The molecule has 4 rings (SSSR count). The minimum Gasteiger partial charge on any atom is -0.481 e. The molecule has 0 radical (unpaired) electrons. The van der Waals surface area contributed by atoms with E-state index in [4.69, 9.17) is 0 Å². The van der Waals surface area contributed by atoms with Gasteiger partial charge in [-0.25, -0.2) is 8.78 Å². The topological polar surface area (TPSA) is 202 Å². The van der Waals surface area contributed by atoms with Gasteiger partial charge in [-0.3, -0.25) is 24.0 Å². The number of halogens is 2. The average molecular weight is 724 g/mol. The van der Waals surface area contributed by atoms with Gasteiger partial charge in [-0.15, -0.1) is 0 Å². The van der Waals surface area contributed by atoms with Gasteiger partial charge in [-0.05, 0) is 66.0 Å². The number of benzene rings is 3. The molecule has 0 spiro atoms. The van der Waals surface area contributed by atoms with Crippen LogP contribution in [-0.4, -0.2) is 74.3 Å². The van der Waals surface area contributed by atoms with Gasteiger partial charge in [0.05, 0.1) is 30.4 Å². The minimum atomic E-state index is -1.74. The molecule has 0 heterocycles. The number of carbonyl (C=O) groups excluding carboxylic acids is 3. The fourth-order valence-corrected chi connectivity index (χ4v) is 6.52. The van der Waals surface area contributed by atoms with Gasteiger partial charge >= 0.3 is 11.9 Å². The summed E-state index contributed by atoms with van der Waals surface area (Å²) in [5, 5.41) is 49.2. The van der Waals surface area contributed by atoms with Crippen LogP contribution in [0.25, 0.3) is 11.1 Å². The lowest BCUT2D eigenvalue weighted by atomic mass is 9.78. The standard InChI is InChI=1S/C38H43F2N3O9/c1-20(2)33(35(47)41-27-16-23(37(49)50)15-24(17-27)38(51)52)43-32(45)19-31(44)30(14-21-12-25(39)18-26(40)13-21)42-36(48)34(46)29-11-7-6-10-28(29)22-8-4-3-5-9-22/h3-13,18,20,23-24,27,30-31,33-34,44,46H,14-17,19H2,1-2H3,(H,41,47)(H,42,48)(H,43,45)(H,49,50)(H,51,52)/t23-,24+,27?,30-,31-,33-,34-/m0/s1. The Labute approximate surface area is 299 Å². The Balaban J connectivity index is 1.49. The molecule has 278 valence electrons. The molecular weight excluding hydrogens is 680 g/mol. The number of carboxylic acid groups (broad SMARTS) is 2. The average Bonchev–Trinajstić information content (AvgIpc) is 3.09. The number of amides is 3.